The van der Waals surface area contributed by atoms with Crippen LogP contribution in [0.5, 0.6) is 0 Å². The highest BCUT2D eigenvalue weighted by Crippen LogP contribution is 2.02. The number of rotatable bonds is 2. The summed E-state index contributed by atoms with van der Waals surface area (Å²) in [4.78, 5) is 10.2. The fourth-order valence-corrected chi connectivity index (χ4v) is 0.711. The molecule has 1 rings (SSSR count). The van der Waals surface area contributed by atoms with Crippen molar-refractivity contribution in [1.29, 1.82) is 0 Å². The Bertz CT molecular complexity index is 222. The second-order valence-electron chi connectivity index (χ2n) is 2.40. The third-order valence-corrected chi connectivity index (χ3v) is 1.31. The van der Waals surface area contributed by atoms with E-state index in [2.05, 4.69) is 11.3 Å². The average molecular weight is 178 g/mol. The van der Waals surface area contributed by atoms with Crippen molar-refractivity contribution in [3.8, 4) is 0 Å². The average Bonchev–Trinajstić information content (AvgIpc) is 2.19. The highest BCUT2D eigenvalue weighted by Gasteiger charge is 1.86. The van der Waals surface area contributed by atoms with Crippen molar-refractivity contribution in [2.75, 3.05) is 14.2 Å². The molecule has 13 heavy (non-hydrogen) atoms. The number of benzene rings is 1. The normalized spacial score (nSPS) is 8.15. The van der Waals surface area contributed by atoms with Crippen LogP contribution < -0.4 is 0 Å². The van der Waals surface area contributed by atoms with E-state index in [1.807, 2.05) is 12.1 Å². The SMILES string of the molecule is C=Cc1ccc(C=O)cc1.COC. The van der Waals surface area contributed by atoms with E-state index in [4.69, 9.17) is 0 Å². The Hall–Kier alpha value is -1.41. The first-order valence-electron chi connectivity index (χ1n) is 3.86. The molecule has 0 heterocycles. The third kappa shape index (κ3) is 4.93. The van der Waals surface area contributed by atoms with Crippen molar-refractivity contribution in [3.05, 3.63) is 42.0 Å². The third-order valence-electron chi connectivity index (χ3n) is 1.31. The molecule has 0 aromatic heterocycles. The van der Waals surface area contributed by atoms with Crippen molar-refractivity contribution in [2.45, 2.75) is 0 Å². The highest BCUT2D eigenvalue weighted by atomic mass is 16.4. The second-order valence-corrected chi connectivity index (χ2v) is 2.40. The van der Waals surface area contributed by atoms with Crippen LogP contribution in [0.3, 0.4) is 0 Å². The molecule has 0 bridgehead atoms. The maximum Gasteiger partial charge on any atom is 0.150 e. The van der Waals surface area contributed by atoms with Gasteiger partial charge >= 0.3 is 0 Å². The minimum Gasteiger partial charge on any atom is -0.388 e. The quantitative estimate of drug-likeness (QED) is 0.650. The minimum atomic E-state index is 0.700. The molecule has 0 aliphatic carbocycles. The van der Waals surface area contributed by atoms with Gasteiger partial charge in [0, 0.05) is 19.8 Å². The fourth-order valence-electron chi connectivity index (χ4n) is 0.711. The lowest BCUT2D eigenvalue weighted by molar-refractivity contribution is 0.112. The molecular formula is C11H14O2. The summed E-state index contributed by atoms with van der Waals surface area (Å²) in [6.45, 7) is 3.60. The Morgan fingerprint density at radius 1 is 1.15 bits per heavy atom. The van der Waals surface area contributed by atoms with Gasteiger partial charge in [-0.2, -0.15) is 0 Å². The van der Waals surface area contributed by atoms with E-state index in [9.17, 15) is 4.79 Å². The van der Waals surface area contributed by atoms with Gasteiger partial charge in [-0.25, -0.2) is 0 Å². The van der Waals surface area contributed by atoms with E-state index < -0.39 is 0 Å². The van der Waals surface area contributed by atoms with Gasteiger partial charge in [-0.15, -0.1) is 0 Å². The summed E-state index contributed by atoms with van der Waals surface area (Å²) in [7, 11) is 3.25. The molecule has 0 atom stereocenters. The maximum absolute atomic E-state index is 10.2. The van der Waals surface area contributed by atoms with Gasteiger partial charge in [0.2, 0.25) is 0 Å². The van der Waals surface area contributed by atoms with Gasteiger partial charge in [0.15, 0.2) is 0 Å². The van der Waals surface area contributed by atoms with Crippen LogP contribution in [0, 0.1) is 0 Å². The molecule has 0 unspecified atom stereocenters. The zero-order valence-electron chi connectivity index (χ0n) is 7.99. The predicted octanol–water partition coefficient (Wildman–Crippen LogP) is 2.40. The molecule has 0 aliphatic heterocycles. The predicted molar refractivity (Wildman–Crippen MR) is 54.9 cm³/mol. The molecule has 0 amide bonds. The topological polar surface area (TPSA) is 26.3 Å². The second kappa shape index (κ2) is 7.25. The smallest absolute Gasteiger partial charge is 0.150 e. The van der Waals surface area contributed by atoms with Gasteiger partial charge < -0.3 is 4.74 Å². The van der Waals surface area contributed by atoms with Crippen LogP contribution in [-0.2, 0) is 4.74 Å². The van der Waals surface area contributed by atoms with Crippen LogP contribution in [0.15, 0.2) is 30.8 Å². The number of methoxy groups -OCH3 is 1. The van der Waals surface area contributed by atoms with Crippen LogP contribution in [0.2, 0.25) is 0 Å². The van der Waals surface area contributed by atoms with Crippen molar-refractivity contribution in [2.24, 2.45) is 0 Å². The summed E-state index contributed by atoms with van der Waals surface area (Å²) in [5, 5.41) is 0. The molecule has 0 saturated carbocycles. The first-order valence-corrected chi connectivity index (χ1v) is 3.86. The van der Waals surface area contributed by atoms with E-state index in [-0.39, 0.29) is 0 Å². The summed E-state index contributed by atoms with van der Waals surface area (Å²) in [6, 6.07) is 7.25. The van der Waals surface area contributed by atoms with E-state index in [0.717, 1.165) is 11.8 Å². The van der Waals surface area contributed by atoms with Crippen LogP contribution >= 0.6 is 0 Å². The van der Waals surface area contributed by atoms with Gasteiger partial charge in [-0.05, 0) is 5.56 Å². The van der Waals surface area contributed by atoms with E-state index in [1.165, 1.54) is 0 Å². The molecule has 0 saturated heterocycles. The standard InChI is InChI=1S/C9H8O.C2H6O/c1-2-8-3-5-9(7-10)6-4-8;1-3-2/h2-7H,1H2;1-2H3. The summed E-state index contributed by atoms with van der Waals surface area (Å²) in [6.07, 6.45) is 2.57. The van der Waals surface area contributed by atoms with E-state index in [1.54, 1.807) is 32.4 Å². The Morgan fingerprint density at radius 2 is 1.54 bits per heavy atom. The number of hydrogen-bond donors (Lipinski definition) is 0. The molecule has 70 valence electrons. The lowest BCUT2D eigenvalue weighted by atomic mass is 10.1. The van der Waals surface area contributed by atoms with Crippen LogP contribution in [-0.4, -0.2) is 20.5 Å². The molecular weight excluding hydrogens is 164 g/mol. The molecule has 0 spiro atoms. The van der Waals surface area contributed by atoms with E-state index >= 15 is 0 Å². The Labute approximate surface area is 78.8 Å². The van der Waals surface area contributed by atoms with Gasteiger partial charge in [-0.3, -0.25) is 4.79 Å². The Balaban J connectivity index is 0.000000424. The van der Waals surface area contributed by atoms with Crippen LogP contribution in [0.1, 0.15) is 15.9 Å². The summed E-state index contributed by atoms with van der Waals surface area (Å²) >= 11 is 0. The molecule has 2 nitrogen and oxygen atoms in total. The van der Waals surface area contributed by atoms with Gasteiger partial charge in [0.05, 0.1) is 0 Å². The van der Waals surface area contributed by atoms with Crippen LogP contribution in [0.25, 0.3) is 6.08 Å². The van der Waals surface area contributed by atoms with Gasteiger partial charge in [-0.1, -0.05) is 36.9 Å². The van der Waals surface area contributed by atoms with Gasteiger partial charge in [0.1, 0.15) is 6.29 Å². The summed E-state index contributed by atoms with van der Waals surface area (Å²) in [5.74, 6) is 0. The van der Waals surface area contributed by atoms with E-state index in [0.29, 0.717) is 5.56 Å². The minimum absolute atomic E-state index is 0.700. The number of hydrogen-bond acceptors (Lipinski definition) is 2. The summed E-state index contributed by atoms with van der Waals surface area (Å²) in [5.41, 5.74) is 1.73. The Morgan fingerprint density at radius 3 is 1.85 bits per heavy atom. The molecule has 1 aromatic carbocycles. The van der Waals surface area contributed by atoms with Crippen molar-refractivity contribution >= 4 is 12.4 Å². The number of aldehydes is 1. The highest BCUT2D eigenvalue weighted by molar-refractivity contribution is 5.75. The molecule has 0 N–H and O–H groups in total. The van der Waals surface area contributed by atoms with Gasteiger partial charge in [0.25, 0.3) is 0 Å². The zero-order valence-corrected chi connectivity index (χ0v) is 7.99. The number of carbonyl (C=O) groups is 1. The lowest BCUT2D eigenvalue weighted by Crippen LogP contribution is -1.77. The van der Waals surface area contributed by atoms with Crippen molar-refractivity contribution in [1.82, 2.24) is 0 Å². The monoisotopic (exact) mass is 178 g/mol. The first-order chi connectivity index (χ1) is 6.28. The first kappa shape index (κ1) is 11.6. The summed E-state index contributed by atoms with van der Waals surface area (Å²) < 4.78 is 4.25. The molecule has 0 aliphatic rings. The van der Waals surface area contributed by atoms with Crippen LogP contribution in [0.4, 0.5) is 0 Å². The molecule has 2 heteroatoms. The Kier molecular flexibility index (Phi) is 6.46. The van der Waals surface area contributed by atoms with Crippen molar-refractivity contribution in [3.63, 3.8) is 0 Å². The number of ether oxygens (including phenoxy) is 1. The fraction of sp³-hybridized carbons (Fsp3) is 0.182. The largest absolute Gasteiger partial charge is 0.388 e. The molecule has 1 aromatic rings. The number of carbonyl (C=O) groups excluding carboxylic acids is 1. The zero-order chi connectivity index (χ0) is 10.1. The van der Waals surface area contributed by atoms with Crippen molar-refractivity contribution < 1.29 is 9.53 Å². The maximum atomic E-state index is 10.2. The molecule has 0 fully saturated rings. The lowest BCUT2D eigenvalue weighted by Gasteiger charge is -1.90. The molecule has 0 radical (unpaired) electrons.